The van der Waals surface area contributed by atoms with Gasteiger partial charge in [0.15, 0.2) is 0 Å². The van der Waals surface area contributed by atoms with Gasteiger partial charge >= 0.3 is 29.6 Å². The van der Waals surface area contributed by atoms with Crippen LogP contribution in [-0.2, 0) is 4.57 Å². The Morgan fingerprint density at radius 1 is 1.36 bits per heavy atom. The predicted octanol–water partition coefficient (Wildman–Crippen LogP) is -0.991. The second kappa shape index (κ2) is 5.84. The van der Waals surface area contributed by atoms with Gasteiger partial charge in [-0.3, -0.25) is 4.99 Å². The molecule has 0 aromatic heterocycles. The first kappa shape index (κ1) is 14.1. The molecule has 0 radical (unpaired) electrons. The summed E-state index contributed by atoms with van der Waals surface area (Å²) < 4.78 is 11.0. The molecule has 0 saturated heterocycles. The van der Waals surface area contributed by atoms with Crippen LogP contribution in [0.4, 0.5) is 5.69 Å². The van der Waals surface area contributed by atoms with Crippen molar-refractivity contribution in [3.8, 4) is 0 Å². The fourth-order valence-corrected chi connectivity index (χ4v) is 1.08. The van der Waals surface area contributed by atoms with Gasteiger partial charge in [0.1, 0.15) is 0 Å². The Labute approximate surface area is 106 Å². The van der Waals surface area contributed by atoms with Crippen molar-refractivity contribution in [2.45, 2.75) is 6.92 Å². The van der Waals surface area contributed by atoms with Crippen LogP contribution in [0, 0.1) is 0 Å². The van der Waals surface area contributed by atoms with Gasteiger partial charge in [-0.05, 0) is 25.7 Å². The fourth-order valence-electron chi connectivity index (χ4n) is 0.780. The molecule has 0 aliphatic rings. The van der Waals surface area contributed by atoms with Crippen LogP contribution in [0.1, 0.15) is 6.92 Å². The molecule has 70 valence electrons. The Kier molecular flexibility index (Phi) is 5.87. The second-order valence-electron chi connectivity index (χ2n) is 2.84. The van der Waals surface area contributed by atoms with Gasteiger partial charge < -0.3 is 9.46 Å². The van der Waals surface area contributed by atoms with Crippen molar-refractivity contribution in [3.63, 3.8) is 0 Å². The molecule has 1 rings (SSSR count). The molecule has 3 nitrogen and oxygen atoms in total. The number of hydrogen-bond donors (Lipinski definition) is 0. The van der Waals surface area contributed by atoms with Gasteiger partial charge in [-0.15, -0.1) is 0 Å². The Morgan fingerprint density at radius 3 is 2.29 bits per heavy atom. The van der Waals surface area contributed by atoms with E-state index in [1.165, 1.54) is 13.6 Å². The third kappa shape index (κ3) is 4.54. The van der Waals surface area contributed by atoms with Crippen molar-refractivity contribution < 1.29 is 39.0 Å². The smallest absolute Gasteiger partial charge is 0.795 e. The second-order valence-corrected chi connectivity index (χ2v) is 5.18. The van der Waals surface area contributed by atoms with E-state index < -0.39 is 7.37 Å². The van der Waals surface area contributed by atoms with Crippen molar-refractivity contribution in [1.29, 1.82) is 0 Å². The van der Waals surface area contributed by atoms with Crippen molar-refractivity contribution in [2.24, 2.45) is 4.99 Å². The molecule has 5 heteroatoms. The summed E-state index contributed by atoms with van der Waals surface area (Å²) in [5.74, 6) is 0. The van der Waals surface area contributed by atoms with Gasteiger partial charge in [0.2, 0.25) is 0 Å². The quantitative estimate of drug-likeness (QED) is 0.364. The predicted molar refractivity (Wildman–Crippen MR) is 52.7 cm³/mol. The number of aliphatic imine (C=N–C) groups is 1. The standard InChI is InChI=1S/C9H12NO2P.Na/c1-8(13(2,11)12)10-9-6-4-3-5-7-9;/h3-7H,1-2H3,(H,11,12);/q;+1/p-1. The molecule has 0 heterocycles. The Balaban J connectivity index is 0.00000169. The minimum absolute atomic E-state index is 0. The van der Waals surface area contributed by atoms with Crippen LogP contribution in [-0.4, -0.2) is 12.1 Å². The van der Waals surface area contributed by atoms with Gasteiger partial charge in [-0.25, -0.2) is 0 Å². The van der Waals surface area contributed by atoms with Crippen LogP contribution in [0.3, 0.4) is 0 Å². The van der Waals surface area contributed by atoms with Gasteiger partial charge in [0, 0.05) is 0 Å². The monoisotopic (exact) mass is 219 g/mol. The molecule has 0 amide bonds. The van der Waals surface area contributed by atoms with Gasteiger partial charge in [0.05, 0.1) is 18.5 Å². The molecule has 0 aliphatic carbocycles. The van der Waals surface area contributed by atoms with Crippen LogP contribution in [0.2, 0.25) is 0 Å². The number of hydrogen-bond acceptors (Lipinski definition) is 3. The zero-order valence-corrected chi connectivity index (χ0v) is 11.5. The van der Waals surface area contributed by atoms with E-state index in [1.807, 2.05) is 18.2 Å². The first-order valence-electron chi connectivity index (χ1n) is 3.89. The van der Waals surface area contributed by atoms with Crippen LogP contribution in [0.25, 0.3) is 0 Å². The molecule has 0 fully saturated rings. The molecule has 0 aliphatic heterocycles. The summed E-state index contributed by atoms with van der Waals surface area (Å²) in [6.45, 7) is 2.68. The molecule has 1 unspecified atom stereocenters. The molecular formula is C9H11NNaO2P. The third-order valence-corrected chi connectivity index (χ3v) is 2.91. The van der Waals surface area contributed by atoms with E-state index in [9.17, 15) is 9.46 Å². The summed E-state index contributed by atoms with van der Waals surface area (Å²) in [6, 6.07) is 9.02. The molecule has 0 bridgehead atoms. The summed E-state index contributed by atoms with van der Waals surface area (Å²) in [5.41, 5.74) is 0.830. The number of benzene rings is 1. The van der Waals surface area contributed by atoms with Crippen molar-refractivity contribution >= 4 is 18.5 Å². The van der Waals surface area contributed by atoms with E-state index >= 15 is 0 Å². The van der Waals surface area contributed by atoms with Gasteiger partial charge in [-0.2, -0.15) is 0 Å². The van der Waals surface area contributed by atoms with Crippen LogP contribution < -0.4 is 34.5 Å². The van der Waals surface area contributed by atoms with E-state index in [0.29, 0.717) is 5.69 Å². The molecule has 1 atom stereocenters. The van der Waals surface area contributed by atoms with Crippen molar-refractivity contribution in [2.75, 3.05) is 6.66 Å². The first-order valence-corrected chi connectivity index (χ1v) is 5.97. The van der Waals surface area contributed by atoms with E-state index in [2.05, 4.69) is 4.99 Å². The molecule has 0 saturated carbocycles. The van der Waals surface area contributed by atoms with E-state index in [-0.39, 0.29) is 35.0 Å². The zero-order valence-electron chi connectivity index (χ0n) is 8.60. The van der Waals surface area contributed by atoms with Crippen LogP contribution in [0.15, 0.2) is 35.3 Å². The van der Waals surface area contributed by atoms with Crippen LogP contribution in [0.5, 0.6) is 0 Å². The van der Waals surface area contributed by atoms with Crippen molar-refractivity contribution in [3.05, 3.63) is 30.3 Å². The summed E-state index contributed by atoms with van der Waals surface area (Å²) in [7, 11) is -3.42. The largest absolute Gasteiger partial charge is 1.00 e. The molecule has 1 aromatic rings. The number of nitrogens with zero attached hydrogens (tertiary/aromatic N) is 1. The van der Waals surface area contributed by atoms with Gasteiger partial charge in [-0.1, -0.05) is 18.2 Å². The summed E-state index contributed by atoms with van der Waals surface area (Å²) in [4.78, 5) is 15.0. The number of para-hydroxylation sites is 1. The maximum Gasteiger partial charge on any atom is 1.00 e. The molecule has 0 N–H and O–H groups in total. The number of rotatable bonds is 2. The van der Waals surface area contributed by atoms with E-state index in [1.54, 1.807) is 12.1 Å². The summed E-state index contributed by atoms with van der Waals surface area (Å²) in [5, 5.41) is 0. The maximum atomic E-state index is 11.0. The Hall–Kier alpha value is 0.0800. The SMILES string of the molecule is CC(=Nc1ccccc1)P(C)(=O)[O-].[Na+]. The minimum Gasteiger partial charge on any atom is -0.795 e. The minimum atomic E-state index is -3.42. The van der Waals surface area contributed by atoms with Gasteiger partial charge in [0.25, 0.3) is 0 Å². The Bertz CT molecular complexity index is 358. The fraction of sp³-hybridized carbons (Fsp3) is 0.222. The van der Waals surface area contributed by atoms with E-state index in [4.69, 9.17) is 0 Å². The Morgan fingerprint density at radius 2 is 1.86 bits per heavy atom. The topological polar surface area (TPSA) is 52.5 Å². The average Bonchev–Trinajstić information content (AvgIpc) is 2.04. The maximum absolute atomic E-state index is 11.0. The molecule has 0 spiro atoms. The third-order valence-electron chi connectivity index (χ3n) is 1.63. The van der Waals surface area contributed by atoms with Crippen LogP contribution >= 0.6 is 7.37 Å². The summed E-state index contributed by atoms with van der Waals surface area (Å²) >= 11 is 0. The molecule has 1 aromatic carbocycles. The zero-order chi connectivity index (χ0) is 9.90. The first-order chi connectivity index (χ1) is 6.00. The van der Waals surface area contributed by atoms with E-state index in [0.717, 1.165) is 0 Å². The molecule has 14 heavy (non-hydrogen) atoms. The normalized spacial score (nSPS) is 15.5. The van der Waals surface area contributed by atoms with Crippen molar-refractivity contribution in [1.82, 2.24) is 0 Å². The summed E-state index contributed by atoms with van der Waals surface area (Å²) in [6.07, 6.45) is 0. The molecular weight excluding hydrogens is 208 g/mol. The average molecular weight is 219 g/mol.